The number of hydrogen-bond donors (Lipinski definition) is 2. The summed E-state index contributed by atoms with van der Waals surface area (Å²) < 4.78 is 1.78. The summed E-state index contributed by atoms with van der Waals surface area (Å²) >= 11 is 0. The zero-order chi connectivity index (χ0) is 17.7. The Morgan fingerprint density at radius 2 is 2.08 bits per heavy atom. The number of benzene rings is 1. The van der Waals surface area contributed by atoms with Gasteiger partial charge >= 0.3 is 6.03 Å². The summed E-state index contributed by atoms with van der Waals surface area (Å²) in [4.78, 5) is 14.1. The number of para-hydroxylation sites is 1. The number of likely N-dealkylation sites (N-methyl/N-ethyl adjacent to an activating group) is 1. The maximum atomic E-state index is 12.5. The molecule has 0 aliphatic carbocycles. The summed E-state index contributed by atoms with van der Waals surface area (Å²) in [7, 11) is 0. The number of urea groups is 1. The quantitative estimate of drug-likeness (QED) is 0.855. The lowest BCUT2D eigenvalue weighted by atomic mass is 10.1. The molecular weight excluding hydrogens is 304 g/mol. The molecule has 6 nitrogen and oxygen atoms in total. The molecule has 0 spiro atoms. The van der Waals surface area contributed by atoms with Crippen LogP contribution in [0.4, 0.5) is 4.79 Å². The number of hydrogen-bond acceptors (Lipinski definition) is 3. The van der Waals surface area contributed by atoms with Crippen molar-refractivity contribution in [2.24, 2.45) is 0 Å². The largest absolute Gasteiger partial charge is 0.389 e. The van der Waals surface area contributed by atoms with Crippen molar-refractivity contribution < 1.29 is 9.90 Å². The van der Waals surface area contributed by atoms with Gasteiger partial charge in [-0.25, -0.2) is 9.48 Å². The predicted molar refractivity (Wildman–Crippen MR) is 94.1 cm³/mol. The Morgan fingerprint density at radius 1 is 1.38 bits per heavy atom. The maximum Gasteiger partial charge on any atom is 0.317 e. The first-order chi connectivity index (χ1) is 11.3. The highest BCUT2D eigenvalue weighted by molar-refractivity contribution is 5.75. The Balaban J connectivity index is 2.15. The van der Waals surface area contributed by atoms with Crippen LogP contribution in [0.2, 0.25) is 0 Å². The second-order valence-electron chi connectivity index (χ2n) is 6.51. The number of carbonyl (C=O) groups excluding carboxylic acids is 1. The zero-order valence-corrected chi connectivity index (χ0v) is 14.7. The number of nitrogens with one attached hydrogen (secondary N) is 1. The molecule has 0 saturated heterocycles. The van der Waals surface area contributed by atoms with Gasteiger partial charge in [-0.05, 0) is 45.4 Å². The summed E-state index contributed by atoms with van der Waals surface area (Å²) in [6.45, 7) is 8.04. The van der Waals surface area contributed by atoms with Crippen LogP contribution in [0.25, 0.3) is 5.69 Å². The molecule has 0 bridgehead atoms. The van der Waals surface area contributed by atoms with Crippen molar-refractivity contribution in [3.63, 3.8) is 0 Å². The van der Waals surface area contributed by atoms with Gasteiger partial charge in [0.15, 0.2) is 0 Å². The van der Waals surface area contributed by atoms with Crippen LogP contribution in [-0.4, -0.2) is 44.5 Å². The van der Waals surface area contributed by atoms with E-state index in [0.717, 1.165) is 11.3 Å². The van der Waals surface area contributed by atoms with Crippen LogP contribution < -0.4 is 5.32 Å². The number of nitrogens with zero attached hydrogens (tertiary/aromatic N) is 3. The van der Waals surface area contributed by atoms with Gasteiger partial charge in [-0.3, -0.25) is 0 Å². The number of carbonyl (C=O) groups is 1. The van der Waals surface area contributed by atoms with Gasteiger partial charge in [-0.1, -0.05) is 18.2 Å². The fraction of sp³-hybridized carbons (Fsp3) is 0.444. The zero-order valence-electron chi connectivity index (χ0n) is 14.7. The molecule has 0 aliphatic heterocycles. The van der Waals surface area contributed by atoms with Crippen LogP contribution in [0.5, 0.6) is 0 Å². The Morgan fingerprint density at radius 3 is 2.67 bits per heavy atom. The third kappa shape index (κ3) is 4.58. The first-order valence-corrected chi connectivity index (χ1v) is 8.18. The monoisotopic (exact) mass is 330 g/mol. The molecule has 6 heteroatoms. The van der Waals surface area contributed by atoms with Gasteiger partial charge < -0.3 is 15.3 Å². The predicted octanol–water partition coefficient (Wildman–Crippen LogP) is 2.74. The second kappa shape index (κ2) is 7.49. The van der Waals surface area contributed by atoms with E-state index in [0.29, 0.717) is 6.54 Å². The molecule has 0 saturated carbocycles. The van der Waals surface area contributed by atoms with E-state index >= 15 is 0 Å². The molecule has 130 valence electrons. The molecule has 0 radical (unpaired) electrons. The van der Waals surface area contributed by atoms with E-state index in [4.69, 9.17) is 0 Å². The van der Waals surface area contributed by atoms with Gasteiger partial charge in [-0.2, -0.15) is 5.10 Å². The third-order valence-corrected chi connectivity index (χ3v) is 3.74. The highest BCUT2D eigenvalue weighted by Crippen LogP contribution is 2.21. The van der Waals surface area contributed by atoms with Crippen molar-refractivity contribution in [1.82, 2.24) is 20.0 Å². The smallest absolute Gasteiger partial charge is 0.317 e. The Hall–Kier alpha value is -2.34. The van der Waals surface area contributed by atoms with Crippen LogP contribution in [-0.2, 0) is 0 Å². The maximum absolute atomic E-state index is 12.5. The fourth-order valence-corrected chi connectivity index (χ4v) is 2.62. The lowest BCUT2D eigenvalue weighted by Crippen LogP contribution is -2.47. The minimum atomic E-state index is -0.927. The average Bonchev–Trinajstić information content (AvgIpc) is 3.05. The number of amides is 2. The van der Waals surface area contributed by atoms with Crippen molar-refractivity contribution in [3.05, 3.63) is 48.3 Å². The fourth-order valence-electron chi connectivity index (χ4n) is 2.62. The standard InChI is InChI=1S/C18H26N4O2/c1-5-21(13-18(3,4)24)17(23)20-14(2)15-9-6-7-10-16(15)22-12-8-11-19-22/h6-12,14,24H,5,13H2,1-4H3,(H,20,23). The average molecular weight is 330 g/mol. The van der Waals surface area contributed by atoms with Crippen LogP contribution >= 0.6 is 0 Å². The van der Waals surface area contributed by atoms with Crippen molar-refractivity contribution in [3.8, 4) is 5.69 Å². The van der Waals surface area contributed by atoms with Gasteiger partial charge in [0.1, 0.15) is 0 Å². The van der Waals surface area contributed by atoms with Gasteiger partial charge in [0, 0.05) is 18.9 Å². The van der Waals surface area contributed by atoms with Gasteiger partial charge in [0.2, 0.25) is 0 Å². The highest BCUT2D eigenvalue weighted by Gasteiger charge is 2.23. The third-order valence-electron chi connectivity index (χ3n) is 3.74. The van der Waals surface area contributed by atoms with E-state index in [1.165, 1.54) is 0 Å². The summed E-state index contributed by atoms with van der Waals surface area (Å²) in [5.41, 5.74) is 0.985. The molecule has 2 N–H and O–H groups in total. The van der Waals surface area contributed by atoms with Gasteiger partial charge in [0.05, 0.1) is 23.9 Å². The lowest BCUT2D eigenvalue weighted by molar-refractivity contribution is 0.0476. The molecule has 1 unspecified atom stereocenters. The van der Waals surface area contributed by atoms with Crippen molar-refractivity contribution >= 4 is 6.03 Å². The number of aliphatic hydroxyl groups is 1. The number of rotatable bonds is 6. The van der Waals surface area contributed by atoms with E-state index in [1.807, 2.05) is 50.4 Å². The van der Waals surface area contributed by atoms with Gasteiger partial charge in [0.25, 0.3) is 0 Å². The van der Waals surface area contributed by atoms with Crippen LogP contribution in [0.3, 0.4) is 0 Å². The molecule has 0 fully saturated rings. The summed E-state index contributed by atoms with van der Waals surface area (Å²) in [6.07, 6.45) is 3.60. The Kier molecular flexibility index (Phi) is 5.62. The number of aromatic nitrogens is 2. The van der Waals surface area contributed by atoms with Gasteiger partial charge in [-0.15, -0.1) is 0 Å². The first-order valence-electron chi connectivity index (χ1n) is 8.18. The van der Waals surface area contributed by atoms with Crippen molar-refractivity contribution in [2.75, 3.05) is 13.1 Å². The molecule has 1 heterocycles. The van der Waals surface area contributed by atoms with Crippen LogP contribution in [0, 0.1) is 0 Å². The van der Waals surface area contributed by atoms with E-state index in [1.54, 1.807) is 29.6 Å². The first kappa shape index (κ1) is 18.0. The highest BCUT2D eigenvalue weighted by atomic mass is 16.3. The molecule has 1 aromatic carbocycles. The topological polar surface area (TPSA) is 70.4 Å². The molecular formula is C18H26N4O2. The van der Waals surface area contributed by atoms with E-state index in [-0.39, 0.29) is 18.6 Å². The molecule has 2 rings (SSSR count). The normalized spacial score (nSPS) is 12.7. The second-order valence-corrected chi connectivity index (χ2v) is 6.51. The molecule has 0 aliphatic rings. The minimum Gasteiger partial charge on any atom is -0.389 e. The summed E-state index contributed by atoms with van der Waals surface area (Å²) in [6, 6.07) is 9.33. The van der Waals surface area contributed by atoms with Crippen LogP contribution in [0.1, 0.15) is 39.3 Å². The molecule has 1 aromatic heterocycles. The Labute approximate surface area is 143 Å². The van der Waals surface area contributed by atoms with Crippen molar-refractivity contribution in [2.45, 2.75) is 39.3 Å². The summed E-state index contributed by atoms with van der Waals surface area (Å²) in [5.74, 6) is 0. The van der Waals surface area contributed by atoms with Crippen molar-refractivity contribution in [1.29, 1.82) is 0 Å². The molecule has 1 atom stereocenters. The SMILES string of the molecule is CCN(CC(C)(C)O)C(=O)NC(C)c1ccccc1-n1cccn1. The molecule has 24 heavy (non-hydrogen) atoms. The van der Waals surface area contributed by atoms with Crippen LogP contribution in [0.15, 0.2) is 42.7 Å². The summed E-state index contributed by atoms with van der Waals surface area (Å²) in [5, 5.41) is 17.2. The van der Waals surface area contributed by atoms with E-state index in [9.17, 15) is 9.90 Å². The molecule has 2 amide bonds. The van der Waals surface area contributed by atoms with E-state index < -0.39 is 5.60 Å². The molecule has 2 aromatic rings. The minimum absolute atomic E-state index is 0.186. The Bertz CT molecular complexity index is 662. The lowest BCUT2D eigenvalue weighted by Gasteiger charge is -2.29. The van der Waals surface area contributed by atoms with E-state index in [2.05, 4.69) is 10.4 Å².